The lowest BCUT2D eigenvalue weighted by Crippen LogP contribution is -2.41. The quantitative estimate of drug-likeness (QED) is 0.833. The van der Waals surface area contributed by atoms with E-state index >= 15 is 0 Å². The molecule has 7 heteroatoms. The number of carbonyl (C=O) groups excluding carboxylic acids is 1. The van der Waals surface area contributed by atoms with E-state index in [-0.39, 0.29) is 11.1 Å². The molecule has 21 heavy (non-hydrogen) atoms. The lowest BCUT2D eigenvalue weighted by atomic mass is 10.1. The maximum atomic E-state index is 13.1. The summed E-state index contributed by atoms with van der Waals surface area (Å²) in [6, 6.07) is 4.35. The van der Waals surface area contributed by atoms with Crippen molar-refractivity contribution in [3.8, 4) is 0 Å². The Hall–Kier alpha value is -1.82. The lowest BCUT2D eigenvalue weighted by Gasteiger charge is -2.20. The Morgan fingerprint density at radius 2 is 2.24 bits per heavy atom. The van der Waals surface area contributed by atoms with Gasteiger partial charge in [0.25, 0.3) is 0 Å². The highest BCUT2D eigenvalue weighted by molar-refractivity contribution is 6.31. The van der Waals surface area contributed by atoms with Crippen LogP contribution in [0.4, 0.5) is 10.1 Å². The Morgan fingerprint density at radius 1 is 1.52 bits per heavy atom. The number of anilines is 1. The second kappa shape index (κ2) is 6.30. The molecule has 114 valence electrons. The van der Waals surface area contributed by atoms with Gasteiger partial charge in [0, 0.05) is 24.8 Å². The summed E-state index contributed by atoms with van der Waals surface area (Å²) in [4.78, 5) is 24.4. The van der Waals surface area contributed by atoms with Crippen molar-refractivity contribution in [2.75, 3.05) is 18.0 Å². The largest absolute Gasteiger partial charge is 0.481 e. The molecule has 0 bridgehead atoms. The smallest absolute Gasteiger partial charge is 0.315 e. The van der Waals surface area contributed by atoms with Crippen LogP contribution in [0.5, 0.6) is 0 Å². The van der Waals surface area contributed by atoms with Gasteiger partial charge in [0.2, 0.25) is 5.91 Å². The van der Waals surface area contributed by atoms with Gasteiger partial charge in [-0.25, -0.2) is 4.39 Å². The van der Waals surface area contributed by atoms with Gasteiger partial charge >= 0.3 is 5.97 Å². The second-order valence-electron chi connectivity index (χ2n) is 5.10. The fourth-order valence-corrected chi connectivity index (χ4v) is 2.41. The van der Waals surface area contributed by atoms with Crippen molar-refractivity contribution in [3.05, 3.63) is 29.0 Å². The van der Waals surface area contributed by atoms with Crippen molar-refractivity contribution < 1.29 is 19.1 Å². The molecule has 1 saturated heterocycles. The fourth-order valence-electron chi connectivity index (χ4n) is 2.23. The van der Waals surface area contributed by atoms with Gasteiger partial charge in [0.1, 0.15) is 11.7 Å². The monoisotopic (exact) mass is 314 g/mol. The molecule has 1 aromatic carbocycles. The first-order valence-corrected chi connectivity index (χ1v) is 6.99. The van der Waals surface area contributed by atoms with Crippen LogP contribution in [-0.2, 0) is 9.59 Å². The zero-order valence-electron chi connectivity index (χ0n) is 11.5. The normalized spacial score (nSPS) is 19.4. The molecule has 1 aliphatic rings. The van der Waals surface area contributed by atoms with Crippen LogP contribution in [0, 0.1) is 11.7 Å². The van der Waals surface area contributed by atoms with Crippen LogP contribution in [0.2, 0.25) is 5.02 Å². The summed E-state index contributed by atoms with van der Waals surface area (Å²) in [6.45, 7) is 2.58. The Kier molecular flexibility index (Phi) is 4.67. The molecule has 0 radical (unpaired) electrons. The van der Waals surface area contributed by atoms with Crippen molar-refractivity contribution in [2.24, 2.45) is 5.92 Å². The number of rotatable bonds is 4. The lowest BCUT2D eigenvalue weighted by molar-refractivity contribution is -0.146. The number of carboxylic acids is 1. The molecule has 0 aliphatic carbocycles. The summed E-state index contributed by atoms with van der Waals surface area (Å²) in [5.41, 5.74) is 0.782. The topological polar surface area (TPSA) is 69.6 Å². The van der Waals surface area contributed by atoms with E-state index in [4.69, 9.17) is 16.7 Å². The van der Waals surface area contributed by atoms with Crippen LogP contribution in [-0.4, -0.2) is 36.1 Å². The van der Waals surface area contributed by atoms with E-state index in [0.717, 1.165) is 5.69 Å². The van der Waals surface area contributed by atoms with Gasteiger partial charge in [-0.3, -0.25) is 9.59 Å². The third-order valence-corrected chi connectivity index (χ3v) is 3.86. The molecule has 2 N–H and O–H groups in total. The van der Waals surface area contributed by atoms with E-state index in [0.29, 0.717) is 19.5 Å². The molecule has 0 saturated carbocycles. The summed E-state index contributed by atoms with van der Waals surface area (Å²) in [5, 5.41) is 11.6. The van der Waals surface area contributed by atoms with E-state index in [1.807, 2.05) is 4.90 Å². The third-order valence-electron chi connectivity index (χ3n) is 3.57. The molecule has 1 fully saturated rings. The number of nitrogens with one attached hydrogen (secondary N) is 1. The average molecular weight is 315 g/mol. The first kappa shape index (κ1) is 15.6. The van der Waals surface area contributed by atoms with Crippen molar-refractivity contribution in [1.29, 1.82) is 0 Å². The third kappa shape index (κ3) is 3.64. The summed E-state index contributed by atoms with van der Waals surface area (Å²) in [6.07, 6.45) is 0.701. The van der Waals surface area contributed by atoms with Gasteiger partial charge < -0.3 is 15.3 Å². The first-order valence-electron chi connectivity index (χ1n) is 6.61. The molecule has 0 aromatic heterocycles. The fraction of sp³-hybridized carbons (Fsp3) is 0.429. The van der Waals surface area contributed by atoms with Crippen molar-refractivity contribution in [2.45, 2.75) is 19.4 Å². The molecule has 2 unspecified atom stereocenters. The number of benzene rings is 1. The average Bonchev–Trinajstić information content (AvgIpc) is 2.89. The minimum absolute atomic E-state index is 0.0551. The van der Waals surface area contributed by atoms with Crippen LogP contribution in [0.15, 0.2) is 18.2 Å². The van der Waals surface area contributed by atoms with E-state index in [9.17, 15) is 14.0 Å². The summed E-state index contributed by atoms with van der Waals surface area (Å²) >= 11 is 5.75. The highest BCUT2D eigenvalue weighted by Gasteiger charge is 2.28. The van der Waals surface area contributed by atoms with Crippen molar-refractivity contribution >= 4 is 29.2 Å². The van der Waals surface area contributed by atoms with Gasteiger partial charge in [-0.2, -0.15) is 0 Å². The summed E-state index contributed by atoms with van der Waals surface area (Å²) < 4.78 is 13.1. The predicted octanol–water partition coefficient (Wildman–Crippen LogP) is 1.89. The number of aliphatic carboxylic acids is 1. The van der Waals surface area contributed by atoms with Crippen LogP contribution >= 0.6 is 11.6 Å². The first-order chi connectivity index (χ1) is 9.88. The number of halogens is 2. The molecule has 1 aromatic rings. The van der Waals surface area contributed by atoms with Gasteiger partial charge in [0.15, 0.2) is 0 Å². The zero-order valence-corrected chi connectivity index (χ0v) is 12.2. The van der Waals surface area contributed by atoms with Gasteiger partial charge in [-0.05, 0) is 31.5 Å². The standard InChI is InChI=1S/C14H16ClFN2O3/c1-8(14(20)21)13(19)17-9-4-5-18(7-9)10-2-3-12(16)11(15)6-10/h2-3,6,8-9H,4-5,7H2,1H3,(H,17,19)(H,20,21). The Morgan fingerprint density at radius 3 is 2.86 bits per heavy atom. The number of amides is 1. The van der Waals surface area contributed by atoms with E-state index < -0.39 is 23.6 Å². The molecular formula is C14H16ClFN2O3. The van der Waals surface area contributed by atoms with E-state index in [2.05, 4.69) is 5.32 Å². The molecule has 2 atom stereocenters. The van der Waals surface area contributed by atoms with Gasteiger partial charge in [-0.1, -0.05) is 11.6 Å². The summed E-state index contributed by atoms with van der Waals surface area (Å²) in [5.74, 6) is -3.18. The second-order valence-corrected chi connectivity index (χ2v) is 5.51. The van der Waals surface area contributed by atoms with Crippen LogP contribution < -0.4 is 10.2 Å². The maximum absolute atomic E-state index is 13.1. The van der Waals surface area contributed by atoms with Crippen molar-refractivity contribution in [3.63, 3.8) is 0 Å². The molecule has 1 heterocycles. The number of carboxylic acid groups (broad SMARTS) is 1. The molecular weight excluding hydrogens is 299 g/mol. The highest BCUT2D eigenvalue weighted by atomic mass is 35.5. The van der Waals surface area contributed by atoms with E-state index in [1.54, 1.807) is 12.1 Å². The molecule has 1 aliphatic heterocycles. The Balaban J connectivity index is 1.96. The molecule has 0 spiro atoms. The van der Waals surface area contributed by atoms with Crippen LogP contribution in [0.3, 0.4) is 0 Å². The maximum Gasteiger partial charge on any atom is 0.315 e. The number of hydrogen-bond donors (Lipinski definition) is 2. The Bertz CT molecular complexity index is 567. The van der Waals surface area contributed by atoms with Crippen LogP contribution in [0.25, 0.3) is 0 Å². The zero-order chi connectivity index (χ0) is 15.6. The number of carbonyl (C=O) groups is 2. The van der Waals surface area contributed by atoms with E-state index in [1.165, 1.54) is 13.0 Å². The molecule has 1 amide bonds. The highest BCUT2D eigenvalue weighted by Crippen LogP contribution is 2.25. The van der Waals surface area contributed by atoms with Gasteiger partial charge in [0.05, 0.1) is 5.02 Å². The van der Waals surface area contributed by atoms with Crippen molar-refractivity contribution in [1.82, 2.24) is 5.32 Å². The van der Waals surface area contributed by atoms with Gasteiger partial charge in [-0.15, -0.1) is 0 Å². The minimum atomic E-state index is -1.15. The molecule has 5 nitrogen and oxygen atoms in total. The molecule has 2 rings (SSSR count). The number of nitrogens with zero attached hydrogens (tertiary/aromatic N) is 1. The SMILES string of the molecule is CC(C(=O)O)C(=O)NC1CCN(c2ccc(F)c(Cl)c2)C1. The summed E-state index contributed by atoms with van der Waals surface area (Å²) in [7, 11) is 0. The number of hydrogen-bond acceptors (Lipinski definition) is 3. The predicted molar refractivity (Wildman–Crippen MR) is 77.0 cm³/mol. The Labute approximate surface area is 126 Å². The minimum Gasteiger partial charge on any atom is -0.481 e. The van der Waals surface area contributed by atoms with Crippen LogP contribution in [0.1, 0.15) is 13.3 Å².